The van der Waals surface area contributed by atoms with Gasteiger partial charge in [0.15, 0.2) is 0 Å². The van der Waals surface area contributed by atoms with Gasteiger partial charge in [-0.3, -0.25) is 4.79 Å². The zero-order chi connectivity index (χ0) is 10.1. The van der Waals surface area contributed by atoms with Gasteiger partial charge in [0.2, 0.25) is 5.91 Å². The van der Waals surface area contributed by atoms with Crippen molar-refractivity contribution in [3.05, 3.63) is 10.7 Å². The Balaban J connectivity index is 0.00000112. The van der Waals surface area contributed by atoms with Crippen molar-refractivity contribution in [2.24, 2.45) is 5.92 Å². The quantitative estimate of drug-likeness (QED) is 0.829. The molecule has 0 aromatic carbocycles. The van der Waals surface area contributed by atoms with E-state index < -0.39 is 0 Å². The highest BCUT2D eigenvalue weighted by Gasteiger charge is 2.25. The second-order valence-corrected chi connectivity index (χ2v) is 4.70. The fourth-order valence-corrected chi connectivity index (χ4v) is 2.16. The minimum Gasteiger partial charge on any atom is -0.316 e. The van der Waals surface area contributed by atoms with Crippen LogP contribution in [0.25, 0.3) is 0 Å². The number of amides is 1. The SMILES string of the molecule is Cc1nc(C)c(NC(=O)C2CNC2)s1.Cl. The summed E-state index contributed by atoms with van der Waals surface area (Å²) in [7, 11) is 0. The first kappa shape index (κ1) is 12.4. The Hall–Kier alpha value is -0.650. The molecule has 0 unspecified atom stereocenters. The second kappa shape index (κ2) is 4.92. The summed E-state index contributed by atoms with van der Waals surface area (Å²) >= 11 is 1.53. The summed E-state index contributed by atoms with van der Waals surface area (Å²) in [4.78, 5) is 15.8. The van der Waals surface area contributed by atoms with Gasteiger partial charge in [-0.05, 0) is 13.8 Å². The Labute approximate surface area is 98.9 Å². The van der Waals surface area contributed by atoms with Crippen molar-refractivity contribution in [2.45, 2.75) is 13.8 Å². The van der Waals surface area contributed by atoms with Gasteiger partial charge >= 0.3 is 0 Å². The van der Waals surface area contributed by atoms with Gasteiger partial charge in [0.05, 0.1) is 16.6 Å². The number of aromatic nitrogens is 1. The molecule has 15 heavy (non-hydrogen) atoms. The first-order valence-electron chi connectivity index (χ1n) is 4.62. The molecule has 1 aliphatic rings. The Morgan fingerprint density at radius 2 is 2.20 bits per heavy atom. The largest absolute Gasteiger partial charge is 0.316 e. The van der Waals surface area contributed by atoms with Gasteiger partial charge in [-0.25, -0.2) is 4.98 Å². The van der Waals surface area contributed by atoms with Crippen molar-refractivity contribution in [3.63, 3.8) is 0 Å². The molecular weight excluding hydrogens is 234 g/mol. The topological polar surface area (TPSA) is 54.0 Å². The average Bonchev–Trinajstić information content (AvgIpc) is 2.26. The number of carbonyl (C=O) groups excluding carboxylic acids is 1. The third kappa shape index (κ3) is 2.68. The number of hydrogen-bond acceptors (Lipinski definition) is 4. The van der Waals surface area contributed by atoms with Crippen molar-refractivity contribution in [2.75, 3.05) is 18.4 Å². The lowest BCUT2D eigenvalue weighted by atomic mass is 10.0. The number of nitrogens with zero attached hydrogens (tertiary/aromatic N) is 1. The molecular formula is C9H14ClN3OS. The molecule has 1 fully saturated rings. The Bertz CT molecular complexity index is 362. The van der Waals surface area contributed by atoms with E-state index in [-0.39, 0.29) is 24.2 Å². The van der Waals surface area contributed by atoms with Crippen molar-refractivity contribution < 1.29 is 4.79 Å². The molecule has 0 spiro atoms. The maximum absolute atomic E-state index is 11.6. The first-order chi connectivity index (χ1) is 6.66. The van der Waals surface area contributed by atoms with Crippen LogP contribution in [0.15, 0.2) is 0 Å². The normalized spacial score (nSPS) is 15.3. The predicted octanol–water partition coefficient (Wildman–Crippen LogP) is 1.34. The smallest absolute Gasteiger partial charge is 0.230 e. The summed E-state index contributed by atoms with van der Waals surface area (Å²) in [6.45, 7) is 5.45. The number of anilines is 1. The number of thiazole rings is 1. The average molecular weight is 248 g/mol. The lowest BCUT2D eigenvalue weighted by Crippen LogP contribution is -2.48. The standard InChI is InChI=1S/C9H13N3OS.ClH/c1-5-9(14-6(2)11-5)12-8(13)7-3-10-4-7;/h7,10H,3-4H2,1-2H3,(H,12,13);1H. The van der Waals surface area contributed by atoms with Crippen LogP contribution in [0.1, 0.15) is 10.7 Å². The van der Waals surface area contributed by atoms with E-state index in [0.717, 1.165) is 28.8 Å². The summed E-state index contributed by atoms with van der Waals surface area (Å²) in [6.07, 6.45) is 0. The molecule has 0 radical (unpaired) electrons. The number of halogens is 1. The van der Waals surface area contributed by atoms with Gasteiger partial charge in [0.1, 0.15) is 5.00 Å². The minimum absolute atomic E-state index is 0. The van der Waals surface area contributed by atoms with Gasteiger partial charge in [-0.1, -0.05) is 0 Å². The fourth-order valence-electron chi connectivity index (χ4n) is 1.34. The molecule has 1 saturated heterocycles. The van der Waals surface area contributed by atoms with Crippen LogP contribution in [-0.2, 0) is 4.79 Å². The summed E-state index contributed by atoms with van der Waals surface area (Å²) in [5, 5.41) is 7.86. The third-order valence-electron chi connectivity index (χ3n) is 2.29. The molecule has 1 aliphatic heterocycles. The number of carbonyl (C=O) groups is 1. The zero-order valence-corrected chi connectivity index (χ0v) is 10.3. The number of rotatable bonds is 2. The second-order valence-electron chi connectivity index (χ2n) is 3.49. The number of aryl methyl sites for hydroxylation is 2. The van der Waals surface area contributed by atoms with Crippen LogP contribution in [-0.4, -0.2) is 24.0 Å². The molecule has 0 atom stereocenters. The van der Waals surface area contributed by atoms with E-state index in [9.17, 15) is 4.79 Å². The minimum atomic E-state index is 0. The number of hydrogen-bond donors (Lipinski definition) is 2. The molecule has 6 heteroatoms. The van der Waals surface area contributed by atoms with Crippen LogP contribution in [0.4, 0.5) is 5.00 Å². The third-order valence-corrected chi connectivity index (χ3v) is 3.28. The van der Waals surface area contributed by atoms with E-state index >= 15 is 0 Å². The molecule has 1 aromatic rings. The monoisotopic (exact) mass is 247 g/mol. The van der Waals surface area contributed by atoms with Crippen molar-refractivity contribution >= 4 is 34.7 Å². The molecule has 0 bridgehead atoms. The van der Waals surface area contributed by atoms with Crippen molar-refractivity contribution in [1.82, 2.24) is 10.3 Å². The molecule has 0 saturated carbocycles. The maximum Gasteiger partial charge on any atom is 0.230 e. The Kier molecular flexibility index (Phi) is 4.07. The Morgan fingerprint density at radius 1 is 1.53 bits per heavy atom. The lowest BCUT2D eigenvalue weighted by Gasteiger charge is -2.25. The summed E-state index contributed by atoms with van der Waals surface area (Å²) < 4.78 is 0. The molecule has 2 rings (SSSR count). The van der Waals surface area contributed by atoms with E-state index in [2.05, 4.69) is 15.6 Å². The van der Waals surface area contributed by atoms with Gasteiger partial charge in [-0.15, -0.1) is 23.7 Å². The highest BCUT2D eigenvalue weighted by molar-refractivity contribution is 7.16. The molecule has 2 heterocycles. The highest BCUT2D eigenvalue weighted by Crippen LogP contribution is 2.23. The van der Waals surface area contributed by atoms with Gasteiger partial charge in [0.25, 0.3) is 0 Å². The van der Waals surface area contributed by atoms with Crippen LogP contribution >= 0.6 is 23.7 Å². The highest BCUT2D eigenvalue weighted by atomic mass is 35.5. The van der Waals surface area contributed by atoms with Crippen molar-refractivity contribution in [1.29, 1.82) is 0 Å². The first-order valence-corrected chi connectivity index (χ1v) is 5.44. The molecule has 2 N–H and O–H groups in total. The van der Waals surface area contributed by atoms with E-state index in [1.807, 2.05) is 13.8 Å². The van der Waals surface area contributed by atoms with Crippen LogP contribution in [0.5, 0.6) is 0 Å². The predicted molar refractivity (Wildman–Crippen MR) is 63.8 cm³/mol. The van der Waals surface area contributed by atoms with E-state index in [1.165, 1.54) is 11.3 Å². The van der Waals surface area contributed by atoms with Crippen LogP contribution < -0.4 is 10.6 Å². The van der Waals surface area contributed by atoms with Crippen LogP contribution in [0.2, 0.25) is 0 Å². The van der Waals surface area contributed by atoms with Crippen molar-refractivity contribution in [3.8, 4) is 0 Å². The Morgan fingerprint density at radius 3 is 2.60 bits per heavy atom. The summed E-state index contributed by atoms with van der Waals surface area (Å²) in [6, 6.07) is 0. The molecule has 84 valence electrons. The van der Waals surface area contributed by atoms with Crippen LogP contribution in [0, 0.1) is 19.8 Å². The van der Waals surface area contributed by atoms with E-state index in [0.29, 0.717) is 0 Å². The molecule has 4 nitrogen and oxygen atoms in total. The van der Waals surface area contributed by atoms with Crippen LogP contribution in [0.3, 0.4) is 0 Å². The molecule has 1 amide bonds. The van der Waals surface area contributed by atoms with Gasteiger partial charge in [0, 0.05) is 13.1 Å². The fraction of sp³-hybridized carbons (Fsp3) is 0.556. The van der Waals surface area contributed by atoms with E-state index in [4.69, 9.17) is 0 Å². The zero-order valence-electron chi connectivity index (χ0n) is 8.66. The van der Waals surface area contributed by atoms with E-state index in [1.54, 1.807) is 0 Å². The molecule has 0 aliphatic carbocycles. The van der Waals surface area contributed by atoms with Gasteiger partial charge < -0.3 is 10.6 Å². The number of nitrogens with one attached hydrogen (secondary N) is 2. The lowest BCUT2D eigenvalue weighted by molar-refractivity contribution is -0.121. The summed E-state index contributed by atoms with van der Waals surface area (Å²) in [5.74, 6) is 0.243. The maximum atomic E-state index is 11.6. The summed E-state index contributed by atoms with van der Waals surface area (Å²) in [5.41, 5.74) is 0.910. The molecule has 1 aromatic heterocycles. The van der Waals surface area contributed by atoms with Gasteiger partial charge in [-0.2, -0.15) is 0 Å².